The summed E-state index contributed by atoms with van der Waals surface area (Å²) in [6.07, 6.45) is 3.48. The fourth-order valence-corrected chi connectivity index (χ4v) is 1.51. The minimum absolute atomic E-state index is 0.200. The summed E-state index contributed by atoms with van der Waals surface area (Å²) in [4.78, 5) is 8.49. The number of rotatable bonds is 2. The van der Waals surface area contributed by atoms with Gasteiger partial charge < -0.3 is 5.73 Å². The highest BCUT2D eigenvalue weighted by molar-refractivity contribution is 5.28. The fraction of sp³-hybridized carbons (Fsp3) is 0.231. The maximum atomic E-state index is 6.11. The van der Waals surface area contributed by atoms with E-state index in [-0.39, 0.29) is 6.04 Å². The Bertz CT molecular complexity index is 414. The molecule has 82 valence electrons. The summed E-state index contributed by atoms with van der Waals surface area (Å²) < 4.78 is 0. The first-order valence-corrected chi connectivity index (χ1v) is 5.27. The van der Waals surface area contributed by atoms with Crippen molar-refractivity contribution in [2.45, 2.75) is 19.9 Å². The van der Waals surface area contributed by atoms with Gasteiger partial charge in [0.25, 0.3) is 0 Å². The van der Waals surface area contributed by atoms with Gasteiger partial charge in [0.1, 0.15) is 0 Å². The summed E-state index contributed by atoms with van der Waals surface area (Å²) in [5, 5.41) is 0. The third-order valence-corrected chi connectivity index (χ3v) is 2.56. The van der Waals surface area contributed by atoms with Crippen LogP contribution in [0.25, 0.3) is 0 Å². The molecule has 3 heteroatoms. The Balaban J connectivity index is 2.28. The Labute approximate surface area is 95.4 Å². The van der Waals surface area contributed by atoms with E-state index in [1.54, 1.807) is 12.4 Å². The number of aryl methyl sites for hydroxylation is 2. The van der Waals surface area contributed by atoms with Crippen molar-refractivity contribution >= 4 is 0 Å². The van der Waals surface area contributed by atoms with Gasteiger partial charge in [-0.2, -0.15) is 0 Å². The van der Waals surface area contributed by atoms with E-state index in [2.05, 4.69) is 29.0 Å². The van der Waals surface area contributed by atoms with Gasteiger partial charge in [0.05, 0.1) is 23.6 Å². The second kappa shape index (κ2) is 4.41. The molecule has 0 aliphatic rings. The topological polar surface area (TPSA) is 51.8 Å². The second-order valence-electron chi connectivity index (χ2n) is 3.97. The zero-order valence-corrected chi connectivity index (χ0v) is 9.51. The van der Waals surface area contributed by atoms with Crippen molar-refractivity contribution in [1.29, 1.82) is 0 Å². The summed E-state index contributed by atoms with van der Waals surface area (Å²) in [5.41, 5.74) is 10.1. The maximum absolute atomic E-state index is 6.11. The minimum atomic E-state index is -0.200. The first kappa shape index (κ1) is 10.8. The summed E-state index contributed by atoms with van der Waals surface area (Å²) in [5.74, 6) is 0. The number of aromatic nitrogens is 2. The maximum Gasteiger partial charge on any atom is 0.0799 e. The average Bonchev–Trinajstić information content (AvgIpc) is 2.30. The molecule has 0 spiro atoms. The van der Waals surface area contributed by atoms with Crippen molar-refractivity contribution in [3.05, 3.63) is 59.2 Å². The van der Waals surface area contributed by atoms with Gasteiger partial charge in [-0.1, -0.05) is 29.8 Å². The van der Waals surface area contributed by atoms with Crippen molar-refractivity contribution in [1.82, 2.24) is 9.97 Å². The van der Waals surface area contributed by atoms with Gasteiger partial charge in [0, 0.05) is 6.20 Å². The van der Waals surface area contributed by atoms with Crippen LogP contribution in [-0.4, -0.2) is 9.97 Å². The molecule has 0 fully saturated rings. The van der Waals surface area contributed by atoms with Gasteiger partial charge in [-0.05, 0) is 19.4 Å². The molecular formula is C13H15N3. The molecule has 16 heavy (non-hydrogen) atoms. The monoisotopic (exact) mass is 213 g/mol. The molecule has 0 bridgehead atoms. The van der Waals surface area contributed by atoms with Crippen LogP contribution in [0.2, 0.25) is 0 Å². The SMILES string of the molecule is Cc1ccc(C(N)c2cnc(C)cn2)cc1. The lowest BCUT2D eigenvalue weighted by Crippen LogP contribution is -2.13. The Morgan fingerprint density at radius 3 is 2.25 bits per heavy atom. The van der Waals surface area contributed by atoms with Gasteiger partial charge in [-0.25, -0.2) is 0 Å². The summed E-state index contributed by atoms with van der Waals surface area (Å²) >= 11 is 0. The van der Waals surface area contributed by atoms with Crippen LogP contribution in [0.15, 0.2) is 36.7 Å². The molecule has 0 aliphatic heterocycles. The highest BCUT2D eigenvalue weighted by Gasteiger charge is 2.09. The Morgan fingerprint density at radius 1 is 1.00 bits per heavy atom. The standard InChI is InChI=1S/C13H15N3/c1-9-3-5-11(6-4-9)13(14)12-8-15-10(2)7-16-12/h3-8,13H,14H2,1-2H3. The number of hydrogen-bond donors (Lipinski definition) is 1. The molecule has 1 aromatic heterocycles. The molecule has 1 aromatic carbocycles. The van der Waals surface area contributed by atoms with Crippen LogP contribution in [0, 0.1) is 13.8 Å². The molecule has 0 aliphatic carbocycles. The van der Waals surface area contributed by atoms with E-state index >= 15 is 0 Å². The second-order valence-corrected chi connectivity index (χ2v) is 3.97. The normalized spacial score (nSPS) is 12.4. The molecule has 2 rings (SSSR count). The molecule has 2 N–H and O–H groups in total. The first-order chi connectivity index (χ1) is 7.66. The van der Waals surface area contributed by atoms with E-state index in [0.29, 0.717) is 0 Å². The van der Waals surface area contributed by atoms with E-state index < -0.39 is 0 Å². The molecule has 0 radical (unpaired) electrons. The molecule has 1 atom stereocenters. The van der Waals surface area contributed by atoms with E-state index in [9.17, 15) is 0 Å². The summed E-state index contributed by atoms with van der Waals surface area (Å²) in [7, 11) is 0. The van der Waals surface area contributed by atoms with Crippen LogP contribution in [0.3, 0.4) is 0 Å². The van der Waals surface area contributed by atoms with E-state index in [4.69, 9.17) is 5.73 Å². The van der Waals surface area contributed by atoms with Gasteiger partial charge in [-0.3, -0.25) is 9.97 Å². The number of nitrogens with two attached hydrogens (primary N) is 1. The average molecular weight is 213 g/mol. The van der Waals surface area contributed by atoms with Crippen molar-refractivity contribution < 1.29 is 0 Å². The Hall–Kier alpha value is -1.74. The largest absolute Gasteiger partial charge is 0.319 e. The van der Waals surface area contributed by atoms with E-state index in [0.717, 1.165) is 17.0 Å². The van der Waals surface area contributed by atoms with E-state index in [1.807, 2.05) is 19.1 Å². The third-order valence-electron chi connectivity index (χ3n) is 2.56. The molecule has 1 heterocycles. The molecule has 0 amide bonds. The van der Waals surface area contributed by atoms with Crippen LogP contribution in [0.1, 0.15) is 28.6 Å². The molecule has 0 saturated heterocycles. The van der Waals surface area contributed by atoms with Crippen LogP contribution in [0.5, 0.6) is 0 Å². The molecule has 0 saturated carbocycles. The number of nitrogens with zero attached hydrogens (tertiary/aromatic N) is 2. The highest BCUT2D eigenvalue weighted by atomic mass is 14.8. The van der Waals surface area contributed by atoms with E-state index in [1.165, 1.54) is 5.56 Å². The van der Waals surface area contributed by atoms with Crippen molar-refractivity contribution in [2.24, 2.45) is 5.73 Å². The Kier molecular flexibility index (Phi) is 2.97. The van der Waals surface area contributed by atoms with Crippen LogP contribution in [0.4, 0.5) is 0 Å². The van der Waals surface area contributed by atoms with Crippen molar-refractivity contribution in [3.63, 3.8) is 0 Å². The highest BCUT2D eigenvalue weighted by Crippen LogP contribution is 2.17. The van der Waals surface area contributed by atoms with Crippen molar-refractivity contribution in [2.75, 3.05) is 0 Å². The quantitative estimate of drug-likeness (QED) is 0.831. The smallest absolute Gasteiger partial charge is 0.0799 e. The zero-order valence-electron chi connectivity index (χ0n) is 9.51. The van der Waals surface area contributed by atoms with Gasteiger partial charge in [0.15, 0.2) is 0 Å². The lowest BCUT2D eigenvalue weighted by Gasteiger charge is -2.11. The fourth-order valence-electron chi connectivity index (χ4n) is 1.51. The lowest BCUT2D eigenvalue weighted by atomic mass is 10.0. The summed E-state index contributed by atoms with van der Waals surface area (Å²) in [6.45, 7) is 3.97. The third kappa shape index (κ3) is 2.25. The predicted molar refractivity (Wildman–Crippen MR) is 64.0 cm³/mol. The van der Waals surface area contributed by atoms with Gasteiger partial charge in [-0.15, -0.1) is 0 Å². The number of hydrogen-bond acceptors (Lipinski definition) is 3. The first-order valence-electron chi connectivity index (χ1n) is 5.27. The predicted octanol–water partition coefficient (Wildman–Crippen LogP) is 2.14. The van der Waals surface area contributed by atoms with Crippen LogP contribution >= 0.6 is 0 Å². The lowest BCUT2D eigenvalue weighted by molar-refractivity contribution is 0.812. The summed E-state index contributed by atoms with van der Waals surface area (Å²) in [6, 6.07) is 7.96. The molecular weight excluding hydrogens is 198 g/mol. The molecule has 2 aromatic rings. The molecule has 1 unspecified atom stereocenters. The number of benzene rings is 1. The van der Waals surface area contributed by atoms with Crippen LogP contribution in [-0.2, 0) is 0 Å². The van der Waals surface area contributed by atoms with Gasteiger partial charge >= 0.3 is 0 Å². The molecule has 3 nitrogen and oxygen atoms in total. The Morgan fingerprint density at radius 2 is 1.69 bits per heavy atom. The minimum Gasteiger partial charge on any atom is -0.319 e. The van der Waals surface area contributed by atoms with Crippen LogP contribution < -0.4 is 5.73 Å². The van der Waals surface area contributed by atoms with Gasteiger partial charge in [0.2, 0.25) is 0 Å². The van der Waals surface area contributed by atoms with Crippen molar-refractivity contribution in [3.8, 4) is 0 Å². The zero-order chi connectivity index (χ0) is 11.5.